The summed E-state index contributed by atoms with van der Waals surface area (Å²) in [5, 5.41) is 2.70. The molecule has 2 rings (SSSR count). The molecule has 0 aliphatic heterocycles. The first-order chi connectivity index (χ1) is 10.6. The molecule has 0 saturated heterocycles. The molecule has 1 N–H and O–H groups in total. The molecule has 0 aliphatic rings. The van der Waals surface area contributed by atoms with Crippen molar-refractivity contribution in [1.29, 1.82) is 0 Å². The topological polar surface area (TPSA) is 62.3 Å². The highest BCUT2D eigenvalue weighted by Crippen LogP contribution is 2.15. The number of nitrogens with zero attached hydrogens (tertiary/aromatic N) is 2. The van der Waals surface area contributed by atoms with Crippen molar-refractivity contribution in [3.63, 3.8) is 0 Å². The van der Waals surface area contributed by atoms with Crippen LogP contribution in [-0.4, -0.2) is 29.9 Å². The van der Waals surface area contributed by atoms with Crippen molar-refractivity contribution in [2.45, 2.75) is 6.92 Å². The lowest BCUT2D eigenvalue weighted by molar-refractivity contribution is -0.116. The number of pyridine rings is 1. The van der Waals surface area contributed by atoms with Gasteiger partial charge in [-0.15, -0.1) is 0 Å². The van der Waals surface area contributed by atoms with Gasteiger partial charge in [-0.25, -0.2) is 4.39 Å². The highest BCUT2D eigenvalue weighted by atomic mass is 19.1. The summed E-state index contributed by atoms with van der Waals surface area (Å²) in [6.07, 6.45) is 3.04. The normalized spacial score (nSPS) is 10.1. The maximum Gasteiger partial charge on any atom is 0.252 e. The number of rotatable bonds is 5. The van der Waals surface area contributed by atoms with Gasteiger partial charge in [0.25, 0.3) is 5.91 Å². The molecule has 0 unspecified atom stereocenters. The van der Waals surface area contributed by atoms with Crippen LogP contribution in [0.3, 0.4) is 0 Å². The molecule has 1 heterocycles. The molecule has 1 aromatic carbocycles. The number of aromatic nitrogens is 1. The van der Waals surface area contributed by atoms with E-state index in [2.05, 4.69) is 10.3 Å². The minimum Gasteiger partial charge on any atom is -0.350 e. The molecule has 2 aromatic rings. The SMILES string of the molecule is CC(=O)N(CCNC(=O)c1cccnc1)c1cccc(F)c1. The fourth-order valence-corrected chi connectivity index (χ4v) is 1.99. The molecule has 2 amide bonds. The zero-order valence-corrected chi connectivity index (χ0v) is 12.1. The van der Waals surface area contributed by atoms with E-state index in [4.69, 9.17) is 0 Å². The van der Waals surface area contributed by atoms with Crippen LogP contribution in [0.5, 0.6) is 0 Å². The predicted molar refractivity (Wildman–Crippen MR) is 81.0 cm³/mol. The van der Waals surface area contributed by atoms with E-state index in [-0.39, 0.29) is 24.9 Å². The zero-order chi connectivity index (χ0) is 15.9. The smallest absolute Gasteiger partial charge is 0.252 e. The highest BCUT2D eigenvalue weighted by molar-refractivity contribution is 5.94. The monoisotopic (exact) mass is 301 g/mol. The average Bonchev–Trinajstić information content (AvgIpc) is 2.51. The number of hydrogen-bond acceptors (Lipinski definition) is 3. The van der Waals surface area contributed by atoms with Gasteiger partial charge in [0.15, 0.2) is 0 Å². The van der Waals surface area contributed by atoms with E-state index in [9.17, 15) is 14.0 Å². The van der Waals surface area contributed by atoms with Gasteiger partial charge in [-0.3, -0.25) is 14.6 Å². The third-order valence-electron chi connectivity index (χ3n) is 3.04. The van der Waals surface area contributed by atoms with E-state index >= 15 is 0 Å². The van der Waals surface area contributed by atoms with Crippen molar-refractivity contribution in [2.24, 2.45) is 0 Å². The predicted octanol–water partition coefficient (Wildman–Crippen LogP) is 2.00. The lowest BCUT2D eigenvalue weighted by Gasteiger charge is -2.21. The minimum atomic E-state index is -0.414. The van der Waals surface area contributed by atoms with Crippen LogP contribution >= 0.6 is 0 Å². The van der Waals surface area contributed by atoms with Crippen LogP contribution in [-0.2, 0) is 4.79 Å². The van der Waals surface area contributed by atoms with Gasteiger partial charge in [0, 0.05) is 38.1 Å². The third-order valence-corrected chi connectivity index (χ3v) is 3.04. The number of halogens is 1. The molecular formula is C16H16FN3O2. The van der Waals surface area contributed by atoms with Crippen molar-refractivity contribution in [1.82, 2.24) is 10.3 Å². The van der Waals surface area contributed by atoms with E-state index < -0.39 is 5.82 Å². The summed E-state index contributed by atoms with van der Waals surface area (Å²) in [6.45, 7) is 1.91. The maximum atomic E-state index is 13.2. The summed E-state index contributed by atoms with van der Waals surface area (Å²) in [4.78, 5) is 28.8. The Kier molecular flexibility index (Phi) is 5.19. The second-order valence-corrected chi connectivity index (χ2v) is 4.65. The van der Waals surface area contributed by atoms with Gasteiger partial charge < -0.3 is 10.2 Å². The van der Waals surface area contributed by atoms with E-state index in [1.807, 2.05) is 0 Å². The molecule has 0 aliphatic carbocycles. The molecule has 0 fully saturated rings. The van der Waals surface area contributed by atoms with Crippen molar-refractivity contribution in [3.05, 3.63) is 60.2 Å². The number of hydrogen-bond donors (Lipinski definition) is 1. The number of carbonyl (C=O) groups excluding carboxylic acids is 2. The number of benzene rings is 1. The lowest BCUT2D eigenvalue weighted by Crippen LogP contribution is -2.37. The van der Waals surface area contributed by atoms with Crippen LogP contribution in [0, 0.1) is 5.82 Å². The van der Waals surface area contributed by atoms with Crippen LogP contribution in [0.4, 0.5) is 10.1 Å². The Morgan fingerprint density at radius 3 is 2.73 bits per heavy atom. The molecule has 114 valence electrons. The van der Waals surface area contributed by atoms with E-state index in [1.54, 1.807) is 24.4 Å². The number of anilines is 1. The lowest BCUT2D eigenvalue weighted by atomic mass is 10.2. The molecule has 0 radical (unpaired) electrons. The summed E-state index contributed by atoms with van der Waals surface area (Å²) in [7, 11) is 0. The Morgan fingerprint density at radius 2 is 2.09 bits per heavy atom. The molecule has 1 aromatic heterocycles. The molecule has 0 bridgehead atoms. The zero-order valence-electron chi connectivity index (χ0n) is 12.1. The van der Waals surface area contributed by atoms with Crippen molar-refractivity contribution >= 4 is 17.5 Å². The van der Waals surface area contributed by atoms with E-state index in [0.29, 0.717) is 11.3 Å². The molecule has 0 atom stereocenters. The van der Waals surface area contributed by atoms with Gasteiger partial charge in [0.1, 0.15) is 5.82 Å². The standard InChI is InChI=1S/C16H16FN3O2/c1-12(21)20(15-6-2-5-14(17)10-15)9-8-19-16(22)13-4-3-7-18-11-13/h2-7,10-11H,8-9H2,1H3,(H,19,22). The summed E-state index contributed by atoms with van der Waals surface area (Å²) in [6, 6.07) is 9.10. The van der Waals surface area contributed by atoms with Gasteiger partial charge in [-0.1, -0.05) is 6.07 Å². The van der Waals surface area contributed by atoms with Crippen LogP contribution < -0.4 is 10.2 Å². The summed E-state index contributed by atoms with van der Waals surface area (Å²) in [5.74, 6) is -0.903. The first kappa shape index (κ1) is 15.6. The number of amides is 2. The first-order valence-corrected chi connectivity index (χ1v) is 6.80. The Balaban J connectivity index is 1.96. The number of nitrogens with one attached hydrogen (secondary N) is 1. The fraction of sp³-hybridized carbons (Fsp3) is 0.188. The summed E-state index contributed by atoms with van der Waals surface area (Å²) >= 11 is 0. The summed E-state index contributed by atoms with van der Waals surface area (Å²) < 4.78 is 13.2. The Morgan fingerprint density at radius 1 is 1.27 bits per heavy atom. The fourth-order valence-electron chi connectivity index (χ4n) is 1.99. The summed E-state index contributed by atoms with van der Waals surface area (Å²) in [5.41, 5.74) is 0.908. The van der Waals surface area contributed by atoms with Gasteiger partial charge in [0.2, 0.25) is 5.91 Å². The highest BCUT2D eigenvalue weighted by Gasteiger charge is 2.12. The van der Waals surface area contributed by atoms with Crippen LogP contribution in [0.1, 0.15) is 17.3 Å². The van der Waals surface area contributed by atoms with Crippen LogP contribution in [0.2, 0.25) is 0 Å². The third kappa shape index (κ3) is 4.12. The van der Waals surface area contributed by atoms with Gasteiger partial charge in [-0.05, 0) is 30.3 Å². The number of carbonyl (C=O) groups is 2. The quantitative estimate of drug-likeness (QED) is 0.919. The van der Waals surface area contributed by atoms with E-state index in [0.717, 1.165) is 0 Å². The first-order valence-electron chi connectivity index (χ1n) is 6.80. The molecule has 22 heavy (non-hydrogen) atoms. The van der Waals surface area contributed by atoms with Crippen molar-refractivity contribution in [3.8, 4) is 0 Å². The van der Waals surface area contributed by atoms with Crippen molar-refractivity contribution in [2.75, 3.05) is 18.0 Å². The molecular weight excluding hydrogens is 285 g/mol. The van der Waals surface area contributed by atoms with Crippen molar-refractivity contribution < 1.29 is 14.0 Å². The Hall–Kier alpha value is -2.76. The van der Waals surface area contributed by atoms with Gasteiger partial charge in [0.05, 0.1) is 5.56 Å². The maximum absolute atomic E-state index is 13.2. The van der Waals surface area contributed by atoms with Gasteiger partial charge >= 0.3 is 0 Å². The molecule has 0 spiro atoms. The van der Waals surface area contributed by atoms with Gasteiger partial charge in [-0.2, -0.15) is 0 Å². The molecule has 0 saturated carbocycles. The minimum absolute atomic E-state index is 0.221. The largest absolute Gasteiger partial charge is 0.350 e. The van der Waals surface area contributed by atoms with Crippen LogP contribution in [0.15, 0.2) is 48.8 Å². The second-order valence-electron chi connectivity index (χ2n) is 4.65. The molecule has 5 nitrogen and oxygen atoms in total. The second kappa shape index (κ2) is 7.31. The Labute approximate surface area is 127 Å². The van der Waals surface area contributed by atoms with Crippen LogP contribution in [0.25, 0.3) is 0 Å². The average molecular weight is 301 g/mol. The van der Waals surface area contributed by atoms with E-state index in [1.165, 1.54) is 36.2 Å². The molecule has 6 heteroatoms. The Bertz CT molecular complexity index is 661.